The highest BCUT2D eigenvalue weighted by Gasteiger charge is 2.15. The first-order valence-electron chi connectivity index (χ1n) is 5.91. The van der Waals surface area contributed by atoms with Gasteiger partial charge in [-0.2, -0.15) is 0 Å². The van der Waals surface area contributed by atoms with E-state index in [4.69, 9.17) is 5.73 Å². The third-order valence-corrected chi connectivity index (χ3v) is 4.28. The molecule has 4 heteroatoms. The minimum atomic E-state index is 0.500. The normalized spacial score (nSPS) is 11.3. The topological polar surface area (TPSA) is 43.8 Å². The van der Waals surface area contributed by atoms with Gasteiger partial charge in [-0.05, 0) is 13.0 Å². The average Bonchev–Trinajstić information content (AvgIpc) is 2.95. The van der Waals surface area contributed by atoms with Gasteiger partial charge < -0.3 is 10.3 Å². The maximum absolute atomic E-state index is 5.64. The number of aromatic nitrogens is 2. The predicted octanol–water partition coefficient (Wildman–Crippen LogP) is 3.07. The van der Waals surface area contributed by atoms with Crippen molar-refractivity contribution >= 4 is 22.2 Å². The number of fused-ring (bicyclic) bond motifs is 1. The Morgan fingerprint density at radius 3 is 2.83 bits per heavy atom. The number of hydrogen-bond donors (Lipinski definition) is 1. The highest BCUT2D eigenvalue weighted by atomic mass is 32.1. The minimum Gasteiger partial charge on any atom is -0.347 e. The Morgan fingerprint density at radius 2 is 2.11 bits per heavy atom. The van der Waals surface area contributed by atoms with Crippen LogP contribution in [0.2, 0.25) is 0 Å². The second kappa shape index (κ2) is 4.23. The number of nitrogens with two attached hydrogens (primary N) is 1. The number of hydrogen-bond acceptors (Lipinski definition) is 3. The standard InChI is InChI=1S/C14H15N3S/c1-9-13(14-16-10(7-15)8-18-14)11-5-3-4-6-12(11)17(9)2/h3-6,8H,7,15H2,1-2H3. The Hall–Kier alpha value is -1.65. The molecule has 0 saturated heterocycles. The van der Waals surface area contributed by atoms with Gasteiger partial charge in [0.2, 0.25) is 0 Å². The van der Waals surface area contributed by atoms with Crippen LogP contribution in [0, 0.1) is 6.92 Å². The van der Waals surface area contributed by atoms with Crippen LogP contribution >= 0.6 is 11.3 Å². The molecule has 3 aromatic rings. The van der Waals surface area contributed by atoms with Crippen LogP contribution in [0.1, 0.15) is 11.4 Å². The predicted molar refractivity (Wildman–Crippen MR) is 76.7 cm³/mol. The molecular formula is C14H15N3S. The number of thiazole rings is 1. The van der Waals surface area contributed by atoms with Crippen LogP contribution in [0.25, 0.3) is 21.5 Å². The van der Waals surface area contributed by atoms with E-state index >= 15 is 0 Å². The van der Waals surface area contributed by atoms with Crippen LogP contribution < -0.4 is 5.73 Å². The summed E-state index contributed by atoms with van der Waals surface area (Å²) in [5, 5.41) is 4.36. The Morgan fingerprint density at radius 1 is 1.33 bits per heavy atom. The summed E-state index contributed by atoms with van der Waals surface area (Å²) in [6, 6.07) is 8.44. The molecule has 2 heterocycles. The average molecular weight is 257 g/mol. The van der Waals surface area contributed by atoms with Crippen molar-refractivity contribution in [3.05, 3.63) is 41.0 Å². The molecule has 0 spiro atoms. The van der Waals surface area contributed by atoms with Crippen molar-refractivity contribution in [3.63, 3.8) is 0 Å². The maximum atomic E-state index is 5.64. The lowest BCUT2D eigenvalue weighted by Gasteiger charge is -1.98. The van der Waals surface area contributed by atoms with Gasteiger partial charge in [-0.1, -0.05) is 18.2 Å². The molecule has 0 aliphatic carbocycles. The quantitative estimate of drug-likeness (QED) is 0.766. The van der Waals surface area contributed by atoms with E-state index in [0.717, 1.165) is 10.7 Å². The number of para-hydroxylation sites is 1. The summed E-state index contributed by atoms with van der Waals surface area (Å²) in [5.41, 5.74) is 10.3. The van der Waals surface area contributed by atoms with Crippen molar-refractivity contribution in [2.24, 2.45) is 12.8 Å². The molecule has 0 unspecified atom stereocenters. The van der Waals surface area contributed by atoms with Crippen molar-refractivity contribution in [1.29, 1.82) is 0 Å². The summed E-state index contributed by atoms with van der Waals surface area (Å²) in [6.07, 6.45) is 0. The molecule has 92 valence electrons. The van der Waals surface area contributed by atoms with Gasteiger partial charge in [-0.15, -0.1) is 11.3 Å². The van der Waals surface area contributed by atoms with Gasteiger partial charge in [0, 0.05) is 41.1 Å². The molecule has 0 atom stereocenters. The van der Waals surface area contributed by atoms with Crippen LogP contribution in [-0.2, 0) is 13.6 Å². The molecule has 0 bridgehead atoms. The van der Waals surface area contributed by atoms with Crippen molar-refractivity contribution in [2.45, 2.75) is 13.5 Å². The summed E-state index contributed by atoms with van der Waals surface area (Å²) in [7, 11) is 2.10. The summed E-state index contributed by atoms with van der Waals surface area (Å²) < 4.78 is 2.22. The van der Waals surface area contributed by atoms with Gasteiger partial charge in [-0.3, -0.25) is 0 Å². The highest BCUT2D eigenvalue weighted by Crippen LogP contribution is 2.35. The van der Waals surface area contributed by atoms with Crippen molar-refractivity contribution in [1.82, 2.24) is 9.55 Å². The van der Waals surface area contributed by atoms with E-state index < -0.39 is 0 Å². The van der Waals surface area contributed by atoms with E-state index in [1.54, 1.807) is 11.3 Å². The monoisotopic (exact) mass is 257 g/mol. The van der Waals surface area contributed by atoms with E-state index in [0.29, 0.717) is 6.54 Å². The molecule has 2 N–H and O–H groups in total. The van der Waals surface area contributed by atoms with Crippen LogP contribution in [-0.4, -0.2) is 9.55 Å². The van der Waals surface area contributed by atoms with E-state index in [-0.39, 0.29) is 0 Å². The van der Waals surface area contributed by atoms with Crippen LogP contribution in [0.5, 0.6) is 0 Å². The first-order valence-corrected chi connectivity index (χ1v) is 6.79. The molecule has 0 fully saturated rings. The van der Waals surface area contributed by atoms with Gasteiger partial charge in [0.25, 0.3) is 0 Å². The molecule has 2 aromatic heterocycles. The molecule has 0 radical (unpaired) electrons. The van der Waals surface area contributed by atoms with E-state index in [1.807, 2.05) is 5.38 Å². The summed E-state index contributed by atoms with van der Waals surface area (Å²) >= 11 is 1.67. The fraction of sp³-hybridized carbons (Fsp3) is 0.214. The minimum absolute atomic E-state index is 0.500. The molecule has 0 aliphatic rings. The number of rotatable bonds is 2. The zero-order valence-corrected chi connectivity index (χ0v) is 11.3. The van der Waals surface area contributed by atoms with Crippen molar-refractivity contribution in [2.75, 3.05) is 0 Å². The first kappa shape index (κ1) is 11.4. The zero-order valence-electron chi connectivity index (χ0n) is 10.5. The molecule has 3 nitrogen and oxygen atoms in total. The second-order valence-electron chi connectivity index (χ2n) is 4.38. The first-order chi connectivity index (χ1) is 8.72. The Kier molecular flexibility index (Phi) is 2.69. The fourth-order valence-corrected chi connectivity index (χ4v) is 3.25. The summed E-state index contributed by atoms with van der Waals surface area (Å²) in [6.45, 7) is 2.64. The Balaban J connectivity index is 2.31. The zero-order chi connectivity index (χ0) is 12.7. The number of aryl methyl sites for hydroxylation is 1. The molecular weight excluding hydrogens is 242 g/mol. The molecule has 0 saturated carbocycles. The lowest BCUT2D eigenvalue weighted by atomic mass is 10.1. The van der Waals surface area contributed by atoms with Gasteiger partial charge in [0.1, 0.15) is 5.01 Å². The number of nitrogens with zero attached hydrogens (tertiary/aromatic N) is 2. The summed E-state index contributed by atoms with van der Waals surface area (Å²) in [5.74, 6) is 0. The lowest BCUT2D eigenvalue weighted by molar-refractivity contribution is 0.919. The third-order valence-electron chi connectivity index (χ3n) is 3.37. The van der Waals surface area contributed by atoms with Crippen molar-refractivity contribution in [3.8, 4) is 10.6 Å². The molecule has 1 aromatic carbocycles. The number of benzene rings is 1. The molecule has 18 heavy (non-hydrogen) atoms. The maximum Gasteiger partial charge on any atom is 0.126 e. The van der Waals surface area contributed by atoms with Gasteiger partial charge >= 0.3 is 0 Å². The van der Waals surface area contributed by atoms with Crippen LogP contribution in [0.4, 0.5) is 0 Å². The SMILES string of the molecule is Cc1c(-c2nc(CN)cs2)c2ccccc2n1C. The van der Waals surface area contributed by atoms with Crippen LogP contribution in [0.15, 0.2) is 29.6 Å². The largest absolute Gasteiger partial charge is 0.347 e. The molecule has 0 amide bonds. The smallest absolute Gasteiger partial charge is 0.126 e. The molecule has 0 aliphatic heterocycles. The Bertz CT molecular complexity index is 709. The van der Waals surface area contributed by atoms with Crippen molar-refractivity contribution < 1.29 is 0 Å². The summed E-state index contributed by atoms with van der Waals surface area (Å²) in [4.78, 5) is 4.60. The molecule has 3 rings (SSSR count). The van der Waals surface area contributed by atoms with Gasteiger partial charge in [0.15, 0.2) is 0 Å². The van der Waals surface area contributed by atoms with E-state index in [2.05, 4.69) is 47.8 Å². The van der Waals surface area contributed by atoms with E-state index in [1.165, 1.54) is 22.2 Å². The van der Waals surface area contributed by atoms with Gasteiger partial charge in [-0.25, -0.2) is 4.98 Å². The fourth-order valence-electron chi connectivity index (χ4n) is 2.31. The highest BCUT2D eigenvalue weighted by molar-refractivity contribution is 7.13. The second-order valence-corrected chi connectivity index (χ2v) is 5.24. The third kappa shape index (κ3) is 1.57. The van der Waals surface area contributed by atoms with E-state index in [9.17, 15) is 0 Å². The lowest BCUT2D eigenvalue weighted by Crippen LogP contribution is -1.96. The Labute approximate surface area is 110 Å². The van der Waals surface area contributed by atoms with Crippen LogP contribution in [0.3, 0.4) is 0 Å². The van der Waals surface area contributed by atoms with Gasteiger partial charge in [0.05, 0.1) is 5.69 Å².